The number of piperidine rings is 1. The minimum Gasteiger partial charge on any atom is -0.506 e. The highest BCUT2D eigenvalue weighted by Gasteiger charge is 2.23. The zero-order valence-electron chi connectivity index (χ0n) is 18.7. The third kappa shape index (κ3) is 3.94. The van der Waals surface area contributed by atoms with Crippen LogP contribution in [0.5, 0.6) is 5.75 Å². The molecule has 5 rings (SSSR count). The Morgan fingerprint density at radius 3 is 2.41 bits per heavy atom. The summed E-state index contributed by atoms with van der Waals surface area (Å²) in [5, 5.41) is 20.8. The number of benzene rings is 3. The highest BCUT2D eigenvalue weighted by Crippen LogP contribution is 2.41. The first-order valence-electron chi connectivity index (χ1n) is 11.3. The highest BCUT2D eigenvalue weighted by atomic mass is 19.1. The van der Waals surface area contributed by atoms with E-state index < -0.39 is 11.6 Å². The van der Waals surface area contributed by atoms with Gasteiger partial charge in [-0.05, 0) is 60.2 Å². The van der Waals surface area contributed by atoms with E-state index in [0.717, 1.165) is 54.2 Å². The van der Waals surface area contributed by atoms with E-state index in [2.05, 4.69) is 16.8 Å². The second-order valence-electron chi connectivity index (χ2n) is 8.89. The second kappa shape index (κ2) is 8.75. The van der Waals surface area contributed by atoms with Crippen LogP contribution in [0.1, 0.15) is 25.3 Å². The van der Waals surface area contributed by atoms with E-state index >= 15 is 0 Å². The molecule has 4 aromatic rings. The summed E-state index contributed by atoms with van der Waals surface area (Å²) in [6.07, 6.45) is 3.72. The fraction of sp³-hybridized carbons (Fsp3) is 0.214. The van der Waals surface area contributed by atoms with Gasteiger partial charge >= 0.3 is 0 Å². The standard InChI is InChI=1S/C28H23F2N3O/c1-17-7-9-33(10-8-17)27-24-13-18(23-4-2-3-19(15-31)28(23)34)5-6-26(24)32-16-25(27)20-11-21(29)14-22(30)12-20/h2-6,11-14,16-17,34H,7-10H2,1H3. The maximum absolute atomic E-state index is 14.1. The van der Waals surface area contributed by atoms with Gasteiger partial charge in [0.25, 0.3) is 0 Å². The average molecular weight is 456 g/mol. The molecule has 0 saturated carbocycles. The topological polar surface area (TPSA) is 60.2 Å². The van der Waals surface area contributed by atoms with Crippen molar-refractivity contribution >= 4 is 16.6 Å². The molecule has 0 bridgehead atoms. The van der Waals surface area contributed by atoms with Crippen LogP contribution >= 0.6 is 0 Å². The molecule has 0 amide bonds. The van der Waals surface area contributed by atoms with E-state index in [1.54, 1.807) is 24.4 Å². The Morgan fingerprint density at radius 2 is 1.71 bits per heavy atom. The lowest BCUT2D eigenvalue weighted by atomic mass is 9.94. The Balaban J connectivity index is 1.76. The minimum atomic E-state index is -0.639. The number of hydrogen-bond donors (Lipinski definition) is 1. The Labute approximate surface area is 196 Å². The van der Waals surface area contributed by atoms with Crippen molar-refractivity contribution in [2.75, 3.05) is 18.0 Å². The van der Waals surface area contributed by atoms with Crippen molar-refractivity contribution in [2.45, 2.75) is 19.8 Å². The molecule has 1 fully saturated rings. The molecule has 0 atom stereocenters. The number of nitrogens with zero attached hydrogens (tertiary/aromatic N) is 3. The minimum absolute atomic E-state index is 0.0750. The molecular weight excluding hydrogens is 432 g/mol. The van der Waals surface area contributed by atoms with Crippen molar-refractivity contribution in [1.29, 1.82) is 5.26 Å². The number of rotatable bonds is 3. The van der Waals surface area contributed by atoms with Crippen LogP contribution in [-0.2, 0) is 0 Å². The number of phenols is 1. The molecule has 1 aliphatic heterocycles. The fourth-order valence-corrected chi connectivity index (χ4v) is 4.71. The van der Waals surface area contributed by atoms with Crippen LogP contribution in [0.25, 0.3) is 33.2 Å². The summed E-state index contributed by atoms with van der Waals surface area (Å²) in [6.45, 7) is 3.88. The number of aromatic hydroxyl groups is 1. The van der Waals surface area contributed by atoms with Crippen molar-refractivity contribution in [3.63, 3.8) is 0 Å². The molecule has 1 aromatic heterocycles. The zero-order valence-corrected chi connectivity index (χ0v) is 18.7. The monoisotopic (exact) mass is 455 g/mol. The van der Waals surface area contributed by atoms with Gasteiger partial charge in [-0.25, -0.2) is 8.78 Å². The molecule has 0 unspecified atom stereocenters. The van der Waals surface area contributed by atoms with Gasteiger partial charge in [0.15, 0.2) is 0 Å². The first-order valence-corrected chi connectivity index (χ1v) is 11.3. The highest BCUT2D eigenvalue weighted by molar-refractivity contribution is 6.02. The van der Waals surface area contributed by atoms with Crippen molar-refractivity contribution in [1.82, 2.24) is 4.98 Å². The lowest BCUT2D eigenvalue weighted by Gasteiger charge is -2.34. The van der Waals surface area contributed by atoms with Crippen molar-refractivity contribution in [2.24, 2.45) is 5.92 Å². The maximum atomic E-state index is 14.1. The molecule has 1 aliphatic rings. The number of nitriles is 1. The second-order valence-corrected chi connectivity index (χ2v) is 8.89. The molecule has 0 spiro atoms. The molecule has 3 aromatic carbocycles. The quantitative estimate of drug-likeness (QED) is 0.375. The van der Waals surface area contributed by atoms with E-state index in [1.807, 2.05) is 24.3 Å². The largest absolute Gasteiger partial charge is 0.506 e. The van der Waals surface area contributed by atoms with E-state index in [-0.39, 0.29) is 11.3 Å². The first-order chi connectivity index (χ1) is 16.4. The summed E-state index contributed by atoms with van der Waals surface area (Å²) >= 11 is 0. The van der Waals surface area contributed by atoms with Gasteiger partial charge in [-0.15, -0.1) is 0 Å². The molecular formula is C28H23F2N3O. The molecule has 1 N–H and O–H groups in total. The van der Waals surface area contributed by atoms with Crippen LogP contribution in [0.2, 0.25) is 0 Å². The van der Waals surface area contributed by atoms with Crippen LogP contribution in [0.15, 0.2) is 60.8 Å². The summed E-state index contributed by atoms with van der Waals surface area (Å²) in [5.41, 5.74) is 4.19. The lowest BCUT2D eigenvalue weighted by Crippen LogP contribution is -2.33. The molecule has 34 heavy (non-hydrogen) atoms. The van der Waals surface area contributed by atoms with Crippen LogP contribution in [0.4, 0.5) is 14.5 Å². The Hall–Kier alpha value is -3.98. The molecule has 0 aliphatic carbocycles. The number of halogens is 2. The Morgan fingerprint density at radius 1 is 0.971 bits per heavy atom. The predicted octanol–water partition coefficient (Wildman–Crippen LogP) is 6.66. The number of pyridine rings is 1. The number of aromatic nitrogens is 1. The summed E-state index contributed by atoms with van der Waals surface area (Å²) in [6, 6.07) is 16.3. The summed E-state index contributed by atoms with van der Waals surface area (Å²) < 4.78 is 28.3. The van der Waals surface area contributed by atoms with Crippen molar-refractivity contribution < 1.29 is 13.9 Å². The van der Waals surface area contributed by atoms with E-state index in [0.29, 0.717) is 22.6 Å². The zero-order chi connectivity index (χ0) is 23.8. The molecule has 170 valence electrons. The number of fused-ring (bicyclic) bond motifs is 1. The number of hydrogen-bond acceptors (Lipinski definition) is 4. The summed E-state index contributed by atoms with van der Waals surface area (Å²) in [7, 11) is 0. The predicted molar refractivity (Wildman–Crippen MR) is 130 cm³/mol. The fourth-order valence-electron chi connectivity index (χ4n) is 4.71. The maximum Gasteiger partial charge on any atom is 0.141 e. The van der Waals surface area contributed by atoms with E-state index in [4.69, 9.17) is 0 Å². The third-order valence-electron chi connectivity index (χ3n) is 6.58. The van der Waals surface area contributed by atoms with Crippen LogP contribution < -0.4 is 4.90 Å². The third-order valence-corrected chi connectivity index (χ3v) is 6.58. The van der Waals surface area contributed by atoms with Gasteiger partial charge in [-0.3, -0.25) is 4.98 Å². The van der Waals surface area contributed by atoms with Gasteiger partial charge in [-0.2, -0.15) is 5.26 Å². The van der Waals surface area contributed by atoms with Gasteiger partial charge < -0.3 is 10.0 Å². The summed E-state index contributed by atoms with van der Waals surface area (Å²) in [5.74, 6) is -0.740. The lowest BCUT2D eigenvalue weighted by molar-refractivity contribution is 0.439. The number of phenolic OH excluding ortho intramolecular Hbond substituents is 1. The van der Waals surface area contributed by atoms with Crippen LogP contribution in [0.3, 0.4) is 0 Å². The molecule has 6 heteroatoms. The molecule has 1 saturated heterocycles. The Kier molecular flexibility index (Phi) is 5.62. The van der Waals surface area contributed by atoms with Gasteiger partial charge in [0.05, 0.1) is 16.8 Å². The number of anilines is 1. The van der Waals surface area contributed by atoms with Gasteiger partial charge in [0.1, 0.15) is 23.5 Å². The van der Waals surface area contributed by atoms with Gasteiger partial charge in [0, 0.05) is 41.9 Å². The van der Waals surface area contributed by atoms with E-state index in [1.165, 1.54) is 12.1 Å². The Bertz CT molecular complexity index is 1420. The van der Waals surface area contributed by atoms with Gasteiger partial charge in [-0.1, -0.05) is 25.1 Å². The smallest absolute Gasteiger partial charge is 0.141 e. The van der Waals surface area contributed by atoms with Crippen LogP contribution in [-0.4, -0.2) is 23.2 Å². The molecule has 2 heterocycles. The van der Waals surface area contributed by atoms with Crippen molar-refractivity contribution in [3.05, 3.63) is 78.0 Å². The SMILES string of the molecule is CC1CCN(c2c(-c3cc(F)cc(F)c3)cnc3ccc(-c4cccc(C#N)c4O)cc23)CC1. The normalized spacial score (nSPS) is 14.4. The molecule has 0 radical (unpaired) electrons. The average Bonchev–Trinajstić information content (AvgIpc) is 2.83. The summed E-state index contributed by atoms with van der Waals surface area (Å²) in [4.78, 5) is 6.85. The number of para-hydroxylation sites is 1. The van der Waals surface area contributed by atoms with Gasteiger partial charge in [0.2, 0.25) is 0 Å². The molecule has 4 nitrogen and oxygen atoms in total. The first kappa shape index (κ1) is 21.8. The van der Waals surface area contributed by atoms with E-state index in [9.17, 15) is 19.1 Å². The van der Waals surface area contributed by atoms with Crippen molar-refractivity contribution in [3.8, 4) is 34.1 Å². The van der Waals surface area contributed by atoms with Crippen LogP contribution in [0, 0.1) is 28.9 Å².